The Balaban J connectivity index is 2.44. The largest absolute Gasteiger partial charge is 0.416 e. The summed E-state index contributed by atoms with van der Waals surface area (Å²) >= 11 is 5.05. The second-order valence-electron chi connectivity index (χ2n) is 4.65. The minimum absolute atomic E-state index is 0.405. The van der Waals surface area contributed by atoms with Crippen LogP contribution in [0, 0.1) is 5.92 Å². The average Bonchev–Trinajstić information content (AvgIpc) is 2.33. The monoisotopic (exact) mass is 290 g/mol. The van der Waals surface area contributed by atoms with Crippen molar-refractivity contribution in [2.75, 3.05) is 6.54 Å². The molecular weight excluding hydrogens is 273 g/mol. The zero-order chi connectivity index (χ0) is 14.5. The van der Waals surface area contributed by atoms with Crippen molar-refractivity contribution < 1.29 is 13.2 Å². The lowest BCUT2D eigenvalue weighted by molar-refractivity contribution is -0.137. The molecule has 0 aliphatic heterocycles. The van der Waals surface area contributed by atoms with Crippen LogP contribution in [-0.2, 0) is 12.7 Å². The second kappa shape index (κ2) is 6.75. The summed E-state index contributed by atoms with van der Waals surface area (Å²) in [5, 5.41) is 6.49. The zero-order valence-electron chi connectivity index (χ0n) is 10.8. The second-order valence-corrected chi connectivity index (χ2v) is 5.06. The van der Waals surface area contributed by atoms with Crippen molar-refractivity contribution in [3.05, 3.63) is 35.4 Å². The molecule has 2 nitrogen and oxygen atoms in total. The quantitative estimate of drug-likeness (QED) is 0.832. The third-order valence-electron chi connectivity index (χ3n) is 2.41. The fraction of sp³-hybridized carbons (Fsp3) is 0.462. The van der Waals surface area contributed by atoms with Crippen molar-refractivity contribution in [3.8, 4) is 0 Å². The summed E-state index contributed by atoms with van der Waals surface area (Å²) in [6.07, 6.45) is -4.29. The molecule has 2 N–H and O–H groups in total. The van der Waals surface area contributed by atoms with E-state index in [0.29, 0.717) is 17.6 Å². The first-order valence-corrected chi connectivity index (χ1v) is 6.37. The van der Waals surface area contributed by atoms with Gasteiger partial charge in [-0.15, -0.1) is 0 Å². The van der Waals surface area contributed by atoms with Crippen molar-refractivity contribution in [1.29, 1.82) is 0 Å². The lowest BCUT2D eigenvalue weighted by Crippen LogP contribution is -2.36. The maximum Gasteiger partial charge on any atom is 0.416 e. The van der Waals surface area contributed by atoms with E-state index in [9.17, 15) is 13.2 Å². The molecule has 1 rings (SSSR count). The summed E-state index contributed by atoms with van der Waals surface area (Å²) in [6, 6.07) is 5.03. The molecule has 0 bridgehead atoms. The van der Waals surface area contributed by atoms with Crippen LogP contribution >= 0.6 is 12.2 Å². The van der Waals surface area contributed by atoms with Crippen molar-refractivity contribution in [3.63, 3.8) is 0 Å². The summed E-state index contributed by atoms with van der Waals surface area (Å²) in [5.41, 5.74) is 0.110. The highest BCUT2D eigenvalue weighted by atomic mass is 32.1. The van der Waals surface area contributed by atoms with Crippen LogP contribution in [0.5, 0.6) is 0 Å². The molecule has 6 heteroatoms. The molecule has 1 aromatic rings. The number of rotatable bonds is 4. The maximum absolute atomic E-state index is 12.4. The first kappa shape index (κ1) is 15.8. The normalized spacial score (nSPS) is 11.5. The maximum atomic E-state index is 12.4. The fourth-order valence-corrected chi connectivity index (χ4v) is 1.51. The van der Waals surface area contributed by atoms with Gasteiger partial charge in [0, 0.05) is 13.1 Å². The van der Waals surface area contributed by atoms with Gasteiger partial charge < -0.3 is 10.6 Å². The Labute approximate surface area is 116 Å². The molecule has 106 valence electrons. The molecule has 0 heterocycles. The van der Waals surface area contributed by atoms with Gasteiger partial charge in [-0.3, -0.25) is 0 Å². The molecule has 0 aromatic heterocycles. The van der Waals surface area contributed by atoms with Gasteiger partial charge in [-0.25, -0.2) is 0 Å². The predicted octanol–water partition coefficient (Wildman–Crippen LogP) is 3.33. The van der Waals surface area contributed by atoms with E-state index in [1.165, 1.54) is 12.1 Å². The van der Waals surface area contributed by atoms with E-state index in [1.807, 2.05) is 0 Å². The summed E-state index contributed by atoms with van der Waals surface area (Å²) < 4.78 is 37.1. The third kappa shape index (κ3) is 5.92. The third-order valence-corrected chi connectivity index (χ3v) is 2.69. The number of benzene rings is 1. The minimum atomic E-state index is -4.29. The highest BCUT2D eigenvalue weighted by molar-refractivity contribution is 7.80. The molecule has 0 fully saturated rings. The smallest absolute Gasteiger partial charge is 0.362 e. The van der Waals surface area contributed by atoms with Crippen molar-refractivity contribution in [2.24, 2.45) is 5.92 Å². The van der Waals surface area contributed by atoms with E-state index in [-0.39, 0.29) is 0 Å². The van der Waals surface area contributed by atoms with Crippen LogP contribution in [0.3, 0.4) is 0 Å². The van der Waals surface area contributed by atoms with Gasteiger partial charge >= 0.3 is 6.18 Å². The SMILES string of the molecule is CC(C)CNC(=S)NCc1ccc(C(F)(F)F)cc1. The Hall–Kier alpha value is -1.30. The number of halogens is 3. The van der Waals surface area contributed by atoms with E-state index in [2.05, 4.69) is 24.5 Å². The lowest BCUT2D eigenvalue weighted by Gasteiger charge is -2.12. The molecule has 1 aromatic carbocycles. The lowest BCUT2D eigenvalue weighted by atomic mass is 10.1. The van der Waals surface area contributed by atoms with Crippen molar-refractivity contribution in [1.82, 2.24) is 10.6 Å². The topological polar surface area (TPSA) is 24.1 Å². The van der Waals surface area contributed by atoms with Crippen LogP contribution in [0.25, 0.3) is 0 Å². The van der Waals surface area contributed by atoms with E-state index in [0.717, 1.165) is 24.2 Å². The van der Waals surface area contributed by atoms with Crippen molar-refractivity contribution in [2.45, 2.75) is 26.6 Å². The number of thiocarbonyl (C=S) groups is 1. The summed E-state index contributed by atoms with van der Waals surface area (Å²) in [5.74, 6) is 0.478. The van der Waals surface area contributed by atoms with Crippen LogP contribution in [0.15, 0.2) is 24.3 Å². The van der Waals surface area contributed by atoms with Gasteiger partial charge in [-0.2, -0.15) is 13.2 Å². The average molecular weight is 290 g/mol. The van der Waals surface area contributed by atoms with Gasteiger partial charge in [0.05, 0.1) is 5.56 Å². The Bertz CT molecular complexity index is 413. The zero-order valence-corrected chi connectivity index (χ0v) is 11.7. The molecule has 0 spiro atoms. The van der Waals surface area contributed by atoms with E-state index in [4.69, 9.17) is 12.2 Å². The van der Waals surface area contributed by atoms with Crippen LogP contribution in [-0.4, -0.2) is 11.7 Å². The Morgan fingerprint density at radius 3 is 2.21 bits per heavy atom. The molecule has 0 atom stereocenters. The standard InChI is InChI=1S/C13H17F3N2S/c1-9(2)7-17-12(19)18-8-10-3-5-11(6-4-10)13(14,15)16/h3-6,9H,7-8H2,1-2H3,(H2,17,18,19). The highest BCUT2D eigenvalue weighted by Crippen LogP contribution is 2.28. The fourth-order valence-electron chi connectivity index (χ4n) is 1.35. The molecule has 0 amide bonds. The van der Waals surface area contributed by atoms with Gasteiger partial charge in [-0.05, 0) is 35.8 Å². The molecule has 0 aliphatic rings. The Morgan fingerprint density at radius 2 is 1.74 bits per heavy atom. The molecule has 0 saturated carbocycles. The number of hydrogen-bond donors (Lipinski definition) is 2. The van der Waals surface area contributed by atoms with Gasteiger partial charge in [-0.1, -0.05) is 26.0 Å². The van der Waals surface area contributed by atoms with Gasteiger partial charge in [0.25, 0.3) is 0 Å². The van der Waals surface area contributed by atoms with Gasteiger partial charge in [0.1, 0.15) is 0 Å². The summed E-state index contributed by atoms with van der Waals surface area (Å²) in [6.45, 7) is 5.29. The number of nitrogens with one attached hydrogen (secondary N) is 2. The van der Waals surface area contributed by atoms with Gasteiger partial charge in [0.2, 0.25) is 0 Å². The highest BCUT2D eigenvalue weighted by Gasteiger charge is 2.29. The molecular formula is C13H17F3N2S. The Kier molecular flexibility index (Phi) is 5.60. The van der Waals surface area contributed by atoms with Crippen LogP contribution in [0.2, 0.25) is 0 Å². The van der Waals surface area contributed by atoms with Crippen LogP contribution in [0.4, 0.5) is 13.2 Å². The summed E-state index contributed by atoms with van der Waals surface area (Å²) in [7, 11) is 0. The first-order valence-electron chi connectivity index (χ1n) is 5.97. The van der Waals surface area contributed by atoms with E-state index in [1.54, 1.807) is 0 Å². The minimum Gasteiger partial charge on any atom is -0.362 e. The summed E-state index contributed by atoms with van der Waals surface area (Å²) in [4.78, 5) is 0. The molecule has 0 saturated heterocycles. The van der Waals surface area contributed by atoms with Crippen LogP contribution in [0.1, 0.15) is 25.0 Å². The van der Waals surface area contributed by atoms with Gasteiger partial charge in [0.15, 0.2) is 5.11 Å². The Morgan fingerprint density at radius 1 is 1.16 bits per heavy atom. The molecule has 0 radical (unpaired) electrons. The van der Waals surface area contributed by atoms with E-state index >= 15 is 0 Å². The number of hydrogen-bond acceptors (Lipinski definition) is 1. The molecule has 0 unspecified atom stereocenters. The van der Waals surface area contributed by atoms with Crippen LogP contribution < -0.4 is 10.6 Å². The van der Waals surface area contributed by atoms with Crippen molar-refractivity contribution >= 4 is 17.3 Å². The molecule has 0 aliphatic carbocycles. The number of alkyl halides is 3. The van der Waals surface area contributed by atoms with E-state index < -0.39 is 11.7 Å². The molecule has 19 heavy (non-hydrogen) atoms. The first-order chi connectivity index (χ1) is 8.79. The predicted molar refractivity (Wildman–Crippen MR) is 73.7 cm³/mol.